The fourth-order valence-electron chi connectivity index (χ4n) is 2.59. The second kappa shape index (κ2) is 3.48. The van der Waals surface area contributed by atoms with Crippen LogP contribution in [0.15, 0.2) is 24.3 Å². The Morgan fingerprint density at radius 2 is 1.93 bits per heavy atom. The summed E-state index contributed by atoms with van der Waals surface area (Å²) in [6.45, 7) is 0. The Labute approximate surface area is 90.5 Å². The maximum absolute atomic E-state index is 12.0. The summed E-state index contributed by atoms with van der Waals surface area (Å²) in [5.41, 5.74) is 2.25. The number of rotatable bonds is 3. The van der Waals surface area contributed by atoms with E-state index in [0.29, 0.717) is 11.7 Å². The quantitative estimate of drug-likeness (QED) is 0.732. The molecule has 0 bridgehead atoms. The van der Waals surface area contributed by atoms with Gasteiger partial charge in [-0.25, -0.2) is 0 Å². The molecule has 0 spiro atoms. The van der Waals surface area contributed by atoms with Crippen LogP contribution >= 0.6 is 0 Å². The Hall–Kier alpha value is -1.11. The molecule has 15 heavy (non-hydrogen) atoms. The monoisotopic (exact) mass is 200 g/mol. The predicted octanol–water partition coefficient (Wildman–Crippen LogP) is 3.23. The van der Waals surface area contributed by atoms with Crippen molar-refractivity contribution in [1.82, 2.24) is 0 Å². The summed E-state index contributed by atoms with van der Waals surface area (Å²) < 4.78 is 0. The molecular formula is C14H16O. The first-order valence-electron chi connectivity index (χ1n) is 5.96. The molecular weight excluding hydrogens is 184 g/mol. The number of ketones is 1. The molecule has 0 aromatic heterocycles. The van der Waals surface area contributed by atoms with Gasteiger partial charge in [-0.2, -0.15) is 0 Å². The van der Waals surface area contributed by atoms with E-state index >= 15 is 0 Å². The largest absolute Gasteiger partial charge is 0.294 e. The number of carbonyl (C=O) groups is 1. The number of hydrogen-bond donors (Lipinski definition) is 0. The van der Waals surface area contributed by atoms with Crippen molar-refractivity contribution >= 4 is 5.78 Å². The lowest BCUT2D eigenvalue weighted by atomic mass is 9.97. The summed E-state index contributed by atoms with van der Waals surface area (Å²) in [5, 5.41) is 0. The lowest BCUT2D eigenvalue weighted by Gasteiger charge is -2.05. The molecule has 1 unspecified atom stereocenters. The van der Waals surface area contributed by atoms with Crippen LogP contribution in [0.3, 0.4) is 0 Å². The summed E-state index contributed by atoms with van der Waals surface area (Å²) in [7, 11) is 0. The highest BCUT2D eigenvalue weighted by atomic mass is 16.1. The fourth-order valence-corrected chi connectivity index (χ4v) is 2.59. The number of carbonyl (C=O) groups excluding carboxylic acids is 1. The summed E-state index contributed by atoms with van der Waals surface area (Å²) in [6, 6.07) is 8.09. The van der Waals surface area contributed by atoms with Gasteiger partial charge in [0.15, 0.2) is 5.78 Å². The molecule has 3 rings (SSSR count). The van der Waals surface area contributed by atoms with Gasteiger partial charge in [0.05, 0.1) is 0 Å². The molecule has 2 aliphatic carbocycles. The summed E-state index contributed by atoms with van der Waals surface area (Å²) >= 11 is 0. The number of hydrogen-bond acceptors (Lipinski definition) is 1. The van der Waals surface area contributed by atoms with Gasteiger partial charge in [0.25, 0.3) is 0 Å². The van der Waals surface area contributed by atoms with Crippen LogP contribution in [0.1, 0.15) is 41.6 Å². The number of Topliss-reactive ketones (excluding diaryl/α,β-unsaturated/α-hetero) is 1. The molecule has 1 aromatic rings. The van der Waals surface area contributed by atoms with Crippen molar-refractivity contribution in [3.63, 3.8) is 0 Å². The zero-order valence-electron chi connectivity index (χ0n) is 8.91. The van der Waals surface area contributed by atoms with Gasteiger partial charge in [-0.15, -0.1) is 0 Å². The SMILES string of the molecule is O=C1c2ccccc2CC1CCC1CC1. The van der Waals surface area contributed by atoms with Crippen molar-refractivity contribution in [2.75, 3.05) is 0 Å². The minimum atomic E-state index is 0.294. The van der Waals surface area contributed by atoms with Crippen LogP contribution in [0.4, 0.5) is 0 Å². The lowest BCUT2D eigenvalue weighted by Crippen LogP contribution is -2.08. The Morgan fingerprint density at radius 1 is 1.13 bits per heavy atom. The number of fused-ring (bicyclic) bond motifs is 1. The van der Waals surface area contributed by atoms with E-state index in [4.69, 9.17) is 0 Å². The fraction of sp³-hybridized carbons (Fsp3) is 0.500. The molecule has 0 aliphatic heterocycles. The zero-order chi connectivity index (χ0) is 10.3. The Kier molecular flexibility index (Phi) is 2.12. The van der Waals surface area contributed by atoms with E-state index < -0.39 is 0 Å². The van der Waals surface area contributed by atoms with Crippen LogP contribution in [-0.2, 0) is 6.42 Å². The third-order valence-electron chi connectivity index (χ3n) is 3.74. The molecule has 1 nitrogen and oxygen atoms in total. The van der Waals surface area contributed by atoms with Gasteiger partial charge < -0.3 is 0 Å². The highest BCUT2D eigenvalue weighted by Crippen LogP contribution is 2.37. The highest BCUT2D eigenvalue weighted by molar-refractivity contribution is 6.02. The molecule has 0 saturated heterocycles. The topological polar surface area (TPSA) is 17.1 Å². The minimum absolute atomic E-state index is 0.294. The summed E-state index contributed by atoms with van der Waals surface area (Å²) in [4.78, 5) is 12.0. The predicted molar refractivity (Wildman–Crippen MR) is 59.9 cm³/mol. The van der Waals surface area contributed by atoms with Crippen LogP contribution in [0.25, 0.3) is 0 Å². The highest BCUT2D eigenvalue weighted by Gasteiger charge is 2.31. The van der Waals surface area contributed by atoms with Crippen molar-refractivity contribution in [3.05, 3.63) is 35.4 Å². The normalized spacial score (nSPS) is 24.3. The van der Waals surface area contributed by atoms with E-state index in [1.807, 2.05) is 18.2 Å². The zero-order valence-corrected chi connectivity index (χ0v) is 8.91. The molecule has 0 radical (unpaired) electrons. The van der Waals surface area contributed by atoms with Gasteiger partial charge in [0.1, 0.15) is 0 Å². The average Bonchev–Trinajstić information content (AvgIpc) is 3.03. The summed E-state index contributed by atoms with van der Waals surface area (Å²) in [5.74, 6) is 1.63. The van der Waals surface area contributed by atoms with Crippen molar-refractivity contribution in [2.45, 2.75) is 32.1 Å². The Bertz CT molecular complexity index is 390. The first-order chi connectivity index (χ1) is 7.34. The molecule has 1 aromatic carbocycles. The standard InChI is InChI=1S/C14H16O/c15-14-12(8-7-10-5-6-10)9-11-3-1-2-4-13(11)14/h1-4,10,12H,5-9H2. The molecule has 0 heterocycles. The Balaban J connectivity index is 1.71. The first-order valence-corrected chi connectivity index (χ1v) is 5.96. The Morgan fingerprint density at radius 3 is 2.67 bits per heavy atom. The molecule has 1 saturated carbocycles. The lowest BCUT2D eigenvalue weighted by molar-refractivity contribution is 0.0928. The van der Waals surface area contributed by atoms with Gasteiger partial charge >= 0.3 is 0 Å². The van der Waals surface area contributed by atoms with E-state index in [-0.39, 0.29) is 0 Å². The van der Waals surface area contributed by atoms with E-state index in [1.165, 1.54) is 24.8 Å². The van der Waals surface area contributed by atoms with Gasteiger partial charge in [-0.3, -0.25) is 4.79 Å². The second-order valence-electron chi connectivity index (χ2n) is 4.94. The van der Waals surface area contributed by atoms with Gasteiger partial charge in [0, 0.05) is 11.5 Å². The molecule has 1 fully saturated rings. The van der Waals surface area contributed by atoms with E-state index in [0.717, 1.165) is 24.3 Å². The maximum atomic E-state index is 12.0. The molecule has 1 atom stereocenters. The van der Waals surface area contributed by atoms with Crippen LogP contribution in [0, 0.1) is 11.8 Å². The first kappa shape index (κ1) is 9.14. The van der Waals surface area contributed by atoms with Crippen LogP contribution < -0.4 is 0 Å². The van der Waals surface area contributed by atoms with E-state index in [1.54, 1.807) is 0 Å². The molecule has 2 aliphatic rings. The molecule has 0 N–H and O–H groups in total. The van der Waals surface area contributed by atoms with Crippen molar-refractivity contribution in [1.29, 1.82) is 0 Å². The van der Waals surface area contributed by atoms with Crippen molar-refractivity contribution < 1.29 is 4.79 Å². The molecule has 78 valence electrons. The molecule has 1 heteroatoms. The van der Waals surface area contributed by atoms with Crippen LogP contribution in [0.5, 0.6) is 0 Å². The van der Waals surface area contributed by atoms with Crippen molar-refractivity contribution in [2.24, 2.45) is 11.8 Å². The summed E-state index contributed by atoms with van der Waals surface area (Å²) in [6.07, 6.45) is 6.16. The minimum Gasteiger partial charge on any atom is -0.294 e. The third-order valence-corrected chi connectivity index (χ3v) is 3.74. The van der Waals surface area contributed by atoms with Gasteiger partial charge in [-0.1, -0.05) is 37.1 Å². The van der Waals surface area contributed by atoms with E-state index in [9.17, 15) is 4.79 Å². The van der Waals surface area contributed by atoms with E-state index in [2.05, 4.69) is 6.07 Å². The number of benzene rings is 1. The molecule has 0 amide bonds. The van der Waals surface area contributed by atoms with Crippen molar-refractivity contribution in [3.8, 4) is 0 Å². The van der Waals surface area contributed by atoms with Gasteiger partial charge in [-0.05, 0) is 30.7 Å². The van der Waals surface area contributed by atoms with Crippen LogP contribution in [-0.4, -0.2) is 5.78 Å². The van der Waals surface area contributed by atoms with Crippen LogP contribution in [0.2, 0.25) is 0 Å². The van der Waals surface area contributed by atoms with Gasteiger partial charge in [0.2, 0.25) is 0 Å². The second-order valence-corrected chi connectivity index (χ2v) is 4.94. The maximum Gasteiger partial charge on any atom is 0.166 e. The smallest absolute Gasteiger partial charge is 0.166 e. The third kappa shape index (κ3) is 1.71. The average molecular weight is 200 g/mol.